The molecule has 0 aliphatic heterocycles. The van der Waals surface area contributed by atoms with Crippen LogP contribution >= 0.6 is 36.4 Å². The van der Waals surface area contributed by atoms with Crippen LogP contribution in [-0.2, 0) is 0 Å². The van der Waals surface area contributed by atoms with E-state index in [1.165, 1.54) is 0 Å². The van der Waals surface area contributed by atoms with Gasteiger partial charge in [0.15, 0.2) is 0 Å². The first kappa shape index (κ1) is 21.1. The molecule has 1 aromatic rings. The molecule has 0 aliphatic carbocycles. The van der Waals surface area contributed by atoms with Gasteiger partial charge in [0.05, 0.1) is 0 Å². The zero-order valence-corrected chi connectivity index (χ0v) is 13.6. The van der Waals surface area contributed by atoms with Crippen molar-refractivity contribution in [3.05, 3.63) is 29.3 Å². The van der Waals surface area contributed by atoms with Crippen LogP contribution in [0.5, 0.6) is 5.75 Å². The molecule has 0 aliphatic rings. The minimum absolute atomic E-state index is 0. The van der Waals surface area contributed by atoms with Crippen molar-refractivity contribution < 1.29 is 4.74 Å². The Kier molecular flexibility index (Phi) is 11.8. The molecule has 1 rings (SSSR count). The maximum Gasteiger partial charge on any atom is 0.121 e. The van der Waals surface area contributed by atoms with Crippen LogP contribution in [0.3, 0.4) is 0 Å². The molecule has 112 valence electrons. The van der Waals surface area contributed by atoms with Crippen molar-refractivity contribution in [2.24, 2.45) is 11.5 Å². The average molecular weight is 330 g/mol. The summed E-state index contributed by atoms with van der Waals surface area (Å²) in [6.07, 6.45) is 1.61. The molecule has 0 aromatic heterocycles. The Balaban J connectivity index is 0. The third-order valence-electron chi connectivity index (χ3n) is 2.37. The highest BCUT2D eigenvalue weighted by atomic mass is 35.5. The number of halogens is 3. The summed E-state index contributed by atoms with van der Waals surface area (Å²) in [6.45, 7) is 3.94. The lowest BCUT2D eigenvalue weighted by atomic mass is 10.0. The first-order chi connectivity index (χ1) is 7.97. The highest BCUT2D eigenvalue weighted by molar-refractivity contribution is 6.30. The molecule has 6 heteroatoms. The van der Waals surface area contributed by atoms with Crippen molar-refractivity contribution in [3.8, 4) is 5.75 Å². The molecule has 0 heterocycles. The van der Waals surface area contributed by atoms with Gasteiger partial charge in [-0.15, -0.1) is 24.8 Å². The Morgan fingerprint density at radius 2 is 1.63 bits per heavy atom. The highest BCUT2D eigenvalue weighted by Gasteiger charge is 2.15. The van der Waals surface area contributed by atoms with Gasteiger partial charge in [-0.3, -0.25) is 0 Å². The Hall–Kier alpha value is -0.190. The Morgan fingerprint density at radius 1 is 1.11 bits per heavy atom. The Bertz CT molecular complexity index is 338. The average Bonchev–Trinajstić information content (AvgIpc) is 2.14. The van der Waals surface area contributed by atoms with Crippen molar-refractivity contribution in [2.45, 2.75) is 44.9 Å². The lowest BCUT2D eigenvalue weighted by Gasteiger charge is -2.22. The summed E-state index contributed by atoms with van der Waals surface area (Å²) in [5, 5.41) is 0.669. The van der Waals surface area contributed by atoms with E-state index in [1.54, 1.807) is 6.07 Å². The molecule has 19 heavy (non-hydrogen) atoms. The molecular weight excluding hydrogens is 307 g/mol. The number of hydrogen-bond donors (Lipinski definition) is 2. The van der Waals surface area contributed by atoms with Crippen LogP contribution in [0.4, 0.5) is 0 Å². The zero-order valence-electron chi connectivity index (χ0n) is 11.2. The predicted molar refractivity (Wildman–Crippen MR) is 86.9 cm³/mol. The summed E-state index contributed by atoms with van der Waals surface area (Å²) in [7, 11) is 0. The molecule has 1 aromatic carbocycles. The maximum absolute atomic E-state index is 5.91. The van der Waals surface area contributed by atoms with E-state index in [0.29, 0.717) is 5.02 Å². The molecule has 0 saturated heterocycles. The summed E-state index contributed by atoms with van der Waals surface area (Å²) < 4.78 is 5.87. The minimum atomic E-state index is 0. The van der Waals surface area contributed by atoms with E-state index < -0.39 is 0 Å². The lowest BCUT2D eigenvalue weighted by molar-refractivity contribution is 0.167. The van der Waals surface area contributed by atoms with Crippen LogP contribution in [0.25, 0.3) is 0 Å². The molecule has 0 saturated carbocycles. The van der Waals surface area contributed by atoms with Gasteiger partial charge in [0.25, 0.3) is 0 Å². The van der Waals surface area contributed by atoms with E-state index in [-0.39, 0.29) is 43.0 Å². The van der Waals surface area contributed by atoms with E-state index in [1.807, 2.05) is 32.0 Å². The lowest BCUT2D eigenvalue weighted by Crippen LogP contribution is -2.32. The fraction of sp³-hybridized carbons (Fsp3) is 0.538. The molecule has 3 nitrogen and oxygen atoms in total. The highest BCUT2D eigenvalue weighted by Crippen LogP contribution is 2.20. The zero-order chi connectivity index (χ0) is 12.8. The monoisotopic (exact) mass is 328 g/mol. The second-order valence-corrected chi connectivity index (χ2v) is 5.06. The Labute approximate surface area is 132 Å². The van der Waals surface area contributed by atoms with Gasteiger partial charge in [-0.05, 0) is 44.9 Å². The van der Waals surface area contributed by atoms with Gasteiger partial charge in [-0.25, -0.2) is 0 Å². The molecule has 2 atom stereocenters. The van der Waals surface area contributed by atoms with Crippen LogP contribution in [0.15, 0.2) is 24.3 Å². The van der Waals surface area contributed by atoms with Gasteiger partial charge in [0.2, 0.25) is 0 Å². The fourth-order valence-electron chi connectivity index (χ4n) is 1.75. The number of rotatable bonds is 6. The van der Waals surface area contributed by atoms with Crippen molar-refractivity contribution in [2.75, 3.05) is 0 Å². The molecule has 0 bridgehead atoms. The van der Waals surface area contributed by atoms with E-state index in [0.717, 1.165) is 18.6 Å². The Morgan fingerprint density at radius 3 is 2.05 bits per heavy atom. The second-order valence-electron chi connectivity index (χ2n) is 4.62. The third-order valence-corrected chi connectivity index (χ3v) is 2.60. The van der Waals surface area contributed by atoms with Gasteiger partial charge in [-0.1, -0.05) is 17.7 Å². The van der Waals surface area contributed by atoms with Gasteiger partial charge in [0.1, 0.15) is 11.9 Å². The van der Waals surface area contributed by atoms with E-state index >= 15 is 0 Å². The summed E-state index contributed by atoms with van der Waals surface area (Å²) >= 11 is 5.91. The summed E-state index contributed by atoms with van der Waals surface area (Å²) in [4.78, 5) is 0. The molecule has 0 amide bonds. The van der Waals surface area contributed by atoms with Crippen molar-refractivity contribution in [1.29, 1.82) is 0 Å². The number of benzene rings is 1. The van der Waals surface area contributed by atoms with Crippen LogP contribution in [0.1, 0.15) is 26.7 Å². The van der Waals surface area contributed by atoms with Gasteiger partial charge in [0, 0.05) is 17.1 Å². The van der Waals surface area contributed by atoms with Gasteiger partial charge < -0.3 is 16.2 Å². The standard InChI is InChI=1S/C13H21ClN2O.2ClH/c1-9(15)6-13(7-10(2)16)17-12-5-3-4-11(14)8-12;;/h3-5,8-10,13H,6-7,15-16H2,1-2H3;2*1H. The first-order valence-corrected chi connectivity index (χ1v) is 6.28. The SMILES string of the molecule is CC(N)CC(CC(C)N)Oc1cccc(Cl)c1.Cl.Cl. The number of nitrogens with two attached hydrogens (primary N) is 2. The smallest absolute Gasteiger partial charge is 0.121 e. The van der Waals surface area contributed by atoms with Crippen LogP contribution in [0, 0.1) is 0 Å². The minimum Gasteiger partial charge on any atom is -0.490 e. The summed E-state index contributed by atoms with van der Waals surface area (Å²) in [5.74, 6) is 0.767. The van der Waals surface area contributed by atoms with Crippen LogP contribution in [0.2, 0.25) is 5.02 Å². The van der Waals surface area contributed by atoms with Gasteiger partial charge >= 0.3 is 0 Å². The fourth-order valence-corrected chi connectivity index (χ4v) is 1.93. The molecule has 2 unspecified atom stereocenters. The van der Waals surface area contributed by atoms with Crippen molar-refractivity contribution in [3.63, 3.8) is 0 Å². The number of ether oxygens (including phenoxy) is 1. The summed E-state index contributed by atoms with van der Waals surface area (Å²) in [5.41, 5.74) is 11.6. The van der Waals surface area contributed by atoms with E-state index in [4.69, 9.17) is 27.8 Å². The maximum atomic E-state index is 5.91. The summed E-state index contributed by atoms with van der Waals surface area (Å²) in [6, 6.07) is 7.57. The normalized spacial score (nSPS) is 14.6. The predicted octanol–water partition coefficient (Wildman–Crippen LogP) is 3.41. The second kappa shape index (κ2) is 10.6. The van der Waals surface area contributed by atoms with E-state index in [2.05, 4.69) is 0 Å². The molecule has 0 spiro atoms. The third kappa shape index (κ3) is 9.36. The van der Waals surface area contributed by atoms with Crippen molar-refractivity contribution >= 4 is 36.4 Å². The van der Waals surface area contributed by atoms with Gasteiger partial charge in [-0.2, -0.15) is 0 Å². The molecule has 0 fully saturated rings. The first-order valence-electron chi connectivity index (χ1n) is 5.90. The van der Waals surface area contributed by atoms with Crippen molar-refractivity contribution in [1.82, 2.24) is 0 Å². The molecular formula is C13H23Cl3N2O. The quantitative estimate of drug-likeness (QED) is 0.841. The van der Waals surface area contributed by atoms with E-state index in [9.17, 15) is 0 Å². The van der Waals surface area contributed by atoms with Crippen LogP contribution in [-0.4, -0.2) is 18.2 Å². The topological polar surface area (TPSA) is 61.3 Å². The molecule has 4 N–H and O–H groups in total. The largest absolute Gasteiger partial charge is 0.490 e. The molecule has 0 radical (unpaired) electrons. The van der Waals surface area contributed by atoms with Crippen LogP contribution < -0.4 is 16.2 Å². The number of hydrogen-bond acceptors (Lipinski definition) is 3.